The second kappa shape index (κ2) is 6.74. The van der Waals surface area contributed by atoms with Crippen molar-refractivity contribution in [2.24, 2.45) is 0 Å². The van der Waals surface area contributed by atoms with Crippen LogP contribution >= 0.6 is 22.7 Å². The molecular weight excluding hydrogens is 357 g/mol. The zero-order valence-electron chi connectivity index (χ0n) is 12.1. The Morgan fingerprint density at radius 1 is 1.17 bits per heavy atom. The predicted molar refractivity (Wildman–Crippen MR) is 87.2 cm³/mol. The molecule has 24 heavy (non-hydrogen) atoms. The average molecular weight is 368 g/mol. The summed E-state index contributed by atoms with van der Waals surface area (Å²) in [6, 6.07) is 7.28. The maximum atomic E-state index is 12.5. The van der Waals surface area contributed by atoms with E-state index in [1.54, 1.807) is 0 Å². The van der Waals surface area contributed by atoms with Gasteiger partial charge in [0.05, 0.1) is 11.6 Å². The molecule has 0 unspecified atom stereocenters. The molecule has 124 valence electrons. The minimum Gasteiger partial charge on any atom is -0.340 e. The summed E-state index contributed by atoms with van der Waals surface area (Å²) >= 11 is 3.01. The number of nitrogens with zero attached hydrogens (tertiary/aromatic N) is 1. The summed E-state index contributed by atoms with van der Waals surface area (Å²) in [4.78, 5) is 16.7. The van der Waals surface area contributed by atoms with Crippen molar-refractivity contribution in [1.29, 1.82) is 0 Å². The van der Waals surface area contributed by atoms with Gasteiger partial charge in [-0.25, -0.2) is 0 Å². The van der Waals surface area contributed by atoms with Crippen LogP contribution in [-0.2, 0) is 6.18 Å². The van der Waals surface area contributed by atoms with Crippen LogP contribution in [-0.4, -0.2) is 10.9 Å². The number of carbonyl (C=O) groups excluding carboxylic acids is 1. The van der Waals surface area contributed by atoms with E-state index in [1.165, 1.54) is 22.7 Å². The Morgan fingerprint density at radius 2 is 2.00 bits per heavy atom. The fraction of sp³-hybridized carbons (Fsp3) is 0.125. The highest BCUT2D eigenvalue weighted by Gasteiger charge is 2.32. The Hall–Kier alpha value is -2.19. The first kappa shape index (κ1) is 16.7. The number of nitrogens with one attached hydrogen (secondary N) is 1. The van der Waals surface area contributed by atoms with Crippen LogP contribution in [0.3, 0.4) is 0 Å². The van der Waals surface area contributed by atoms with Gasteiger partial charge in [-0.3, -0.25) is 9.78 Å². The summed E-state index contributed by atoms with van der Waals surface area (Å²) in [7, 11) is 0. The van der Waals surface area contributed by atoms with E-state index in [0.717, 1.165) is 28.8 Å². The Balaban J connectivity index is 1.81. The molecule has 0 saturated carbocycles. The van der Waals surface area contributed by atoms with Gasteiger partial charge in [0, 0.05) is 11.1 Å². The average Bonchev–Trinajstić information content (AvgIpc) is 3.25. The van der Waals surface area contributed by atoms with Crippen LogP contribution in [0.4, 0.5) is 13.2 Å². The number of pyridine rings is 1. The molecule has 3 nitrogen and oxygen atoms in total. The van der Waals surface area contributed by atoms with Crippen molar-refractivity contribution in [1.82, 2.24) is 10.3 Å². The summed E-state index contributed by atoms with van der Waals surface area (Å²) in [5.74, 6) is -0.471. The summed E-state index contributed by atoms with van der Waals surface area (Å²) in [6.07, 6.45) is -3.58. The molecule has 3 rings (SSSR count). The van der Waals surface area contributed by atoms with Gasteiger partial charge in [0.2, 0.25) is 0 Å². The molecule has 0 aliphatic heterocycles. The molecule has 0 saturated heterocycles. The molecule has 1 N–H and O–H groups in total. The van der Waals surface area contributed by atoms with Gasteiger partial charge in [-0.05, 0) is 46.0 Å². The lowest BCUT2D eigenvalue weighted by molar-refractivity contribution is -0.141. The highest BCUT2D eigenvalue weighted by Crippen LogP contribution is 2.29. The molecular formula is C16H11F3N2OS2. The van der Waals surface area contributed by atoms with Crippen LogP contribution in [0, 0.1) is 0 Å². The van der Waals surface area contributed by atoms with Gasteiger partial charge in [-0.1, -0.05) is 6.07 Å². The number of halogens is 3. The molecule has 3 aromatic heterocycles. The van der Waals surface area contributed by atoms with E-state index in [4.69, 9.17) is 0 Å². The van der Waals surface area contributed by atoms with Crippen molar-refractivity contribution in [3.8, 4) is 0 Å². The van der Waals surface area contributed by atoms with E-state index >= 15 is 0 Å². The molecule has 1 atom stereocenters. The van der Waals surface area contributed by atoms with E-state index in [-0.39, 0.29) is 11.6 Å². The van der Waals surface area contributed by atoms with E-state index in [1.807, 2.05) is 34.3 Å². The normalized spacial score (nSPS) is 12.8. The number of hydrogen-bond donors (Lipinski definition) is 1. The Bertz CT molecular complexity index is 763. The lowest BCUT2D eigenvalue weighted by Gasteiger charge is -2.16. The zero-order chi connectivity index (χ0) is 17.2. The van der Waals surface area contributed by atoms with E-state index < -0.39 is 17.8 Å². The number of amides is 1. The fourth-order valence-corrected chi connectivity index (χ4v) is 3.61. The van der Waals surface area contributed by atoms with Crippen LogP contribution in [0.15, 0.2) is 52.7 Å². The molecule has 3 heterocycles. The van der Waals surface area contributed by atoms with Gasteiger partial charge in [-0.2, -0.15) is 24.5 Å². The predicted octanol–water partition coefficient (Wildman–Crippen LogP) is 4.74. The number of rotatable bonds is 4. The summed E-state index contributed by atoms with van der Waals surface area (Å²) in [5.41, 5.74) is -0.0119. The van der Waals surface area contributed by atoms with Crippen molar-refractivity contribution in [3.05, 3.63) is 74.4 Å². The molecule has 0 aromatic carbocycles. The van der Waals surface area contributed by atoms with Crippen molar-refractivity contribution < 1.29 is 18.0 Å². The zero-order valence-corrected chi connectivity index (χ0v) is 13.7. The summed E-state index contributed by atoms with van der Waals surface area (Å²) in [5, 5.41) is 8.59. The van der Waals surface area contributed by atoms with Crippen LogP contribution in [0.1, 0.15) is 32.5 Å². The van der Waals surface area contributed by atoms with Crippen molar-refractivity contribution in [2.75, 3.05) is 0 Å². The highest BCUT2D eigenvalue weighted by atomic mass is 32.1. The van der Waals surface area contributed by atoms with Crippen LogP contribution in [0.25, 0.3) is 0 Å². The first-order valence-corrected chi connectivity index (χ1v) is 8.67. The summed E-state index contributed by atoms with van der Waals surface area (Å²) in [6.45, 7) is 0. The second-order valence-electron chi connectivity index (χ2n) is 4.91. The number of hydrogen-bond acceptors (Lipinski definition) is 4. The van der Waals surface area contributed by atoms with Gasteiger partial charge in [-0.15, -0.1) is 11.3 Å². The van der Waals surface area contributed by atoms with Gasteiger partial charge < -0.3 is 5.32 Å². The lowest BCUT2D eigenvalue weighted by atomic mass is 10.1. The third-order valence-electron chi connectivity index (χ3n) is 3.30. The van der Waals surface area contributed by atoms with Crippen molar-refractivity contribution in [2.45, 2.75) is 12.2 Å². The Morgan fingerprint density at radius 3 is 2.54 bits per heavy atom. The molecule has 8 heteroatoms. The first-order chi connectivity index (χ1) is 11.4. The number of carbonyl (C=O) groups is 1. The molecule has 0 aliphatic carbocycles. The monoisotopic (exact) mass is 368 g/mol. The van der Waals surface area contributed by atoms with Crippen molar-refractivity contribution in [3.63, 3.8) is 0 Å². The smallest absolute Gasteiger partial charge is 0.340 e. The molecule has 0 spiro atoms. The van der Waals surface area contributed by atoms with E-state index in [9.17, 15) is 18.0 Å². The van der Waals surface area contributed by atoms with Gasteiger partial charge >= 0.3 is 6.18 Å². The van der Waals surface area contributed by atoms with Crippen LogP contribution in [0.2, 0.25) is 0 Å². The van der Waals surface area contributed by atoms with Crippen LogP contribution in [0.5, 0.6) is 0 Å². The molecule has 0 aliphatic rings. The van der Waals surface area contributed by atoms with Crippen LogP contribution < -0.4 is 5.32 Å². The maximum absolute atomic E-state index is 12.5. The third kappa shape index (κ3) is 3.65. The molecule has 0 fully saturated rings. The van der Waals surface area contributed by atoms with Gasteiger partial charge in [0.25, 0.3) is 5.91 Å². The van der Waals surface area contributed by atoms with Gasteiger partial charge in [0.15, 0.2) is 0 Å². The number of aromatic nitrogens is 1. The fourth-order valence-electron chi connectivity index (χ4n) is 2.12. The Labute approximate surface area is 143 Å². The quantitative estimate of drug-likeness (QED) is 0.723. The summed E-state index contributed by atoms with van der Waals surface area (Å²) < 4.78 is 37.6. The minimum atomic E-state index is -4.52. The van der Waals surface area contributed by atoms with Gasteiger partial charge in [0.1, 0.15) is 5.69 Å². The second-order valence-corrected chi connectivity index (χ2v) is 6.67. The Kier molecular flexibility index (Phi) is 4.68. The van der Waals surface area contributed by atoms with E-state index in [2.05, 4.69) is 10.3 Å². The largest absolute Gasteiger partial charge is 0.433 e. The van der Waals surface area contributed by atoms with E-state index in [0.29, 0.717) is 0 Å². The molecule has 1 amide bonds. The molecule has 3 aromatic rings. The standard InChI is InChI=1S/C16H11F3N2OS2/c17-16(18,19)13-4-3-10(8-20-13)15(22)21-14(11-5-7-23-9-11)12-2-1-6-24-12/h1-9,14H,(H,21,22)/t14-/m0/s1. The maximum Gasteiger partial charge on any atom is 0.433 e. The number of thiophene rings is 2. The topological polar surface area (TPSA) is 42.0 Å². The molecule has 0 radical (unpaired) electrons. The lowest BCUT2D eigenvalue weighted by Crippen LogP contribution is -2.28. The third-order valence-corrected chi connectivity index (χ3v) is 4.93. The minimum absolute atomic E-state index is 0.0831. The SMILES string of the molecule is O=C(N[C@@H](c1ccsc1)c1cccs1)c1ccc(C(F)(F)F)nc1. The molecule has 0 bridgehead atoms. The van der Waals surface area contributed by atoms with Crippen molar-refractivity contribution >= 4 is 28.6 Å². The number of alkyl halides is 3. The first-order valence-electron chi connectivity index (χ1n) is 6.85. The highest BCUT2D eigenvalue weighted by molar-refractivity contribution is 7.10.